The molecule has 1 amide bonds. The van der Waals surface area contributed by atoms with Crippen LogP contribution in [-0.4, -0.2) is 69.6 Å². The minimum Gasteiger partial charge on any atom is -0.496 e. The van der Waals surface area contributed by atoms with Gasteiger partial charge in [-0.25, -0.2) is 0 Å². The molecule has 134 valence electrons. The second-order valence-corrected chi connectivity index (χ2v) is 5.88. The van der Waals surface area contributed by atoms with E-state index < -0.39 is 0 Å². The second kappa shape index (κ2) is 8.86. The van der Waals surface area contributed by atoms with E-state index in [1.54, 1.807) is 14.2 Å². The normalized spacial score (nSPS) is 20.8. The molecule has 2 N–H and O–H groups in total. The third-order valence-corrected chi connectivity index (χ3v) is 4.28. The second-order valence-electron chi connectivity index (χ2n) is 5.88. The predicted molar refractivity (Wildman–Crippen MR) is 89.2 cm³/mol. The number of aliphatic hydroxyl groups is 1. The Bertz CT molecular complexity index is 530. The lowest BCUT2D eigenvalue weighted by atomic mass is 10.1. The fourth-order valence-corrected chi connectivity index (χ4v) is 3.13. The van der Waals surface area contributed by atoms with Gasteiger partial charge in [0.2, 0.25) is 5.91 Å². The van der Waals surface area contributed by atoms with Gasteiger partial charge in [-0.15, -0.1) is 0 Å². The van der Waals surface area contributed by atoms with Crippen molar-refractivity contribution in [2.45, 2.75) is 12.6 Å². The first kappa shape index (κ1) is 18.5. The van der Waals surface area contributed by atoms with Crippen molar-refractivity contribution in [3.8, 4) is 11.5 Å². The highest BCUT2D eigenvalue weighted by atomic mass is 16.5. The first-order chi connectivity index (χ1) is 11.6. The SMILES string of the molecule is COCC(=O)N[C@@H]1CN(Cc2c(OC)cccc2OC)C[C@H]1CO. The molecule has 0 bridgehead atoms. The summed E-state index contributed by atoms with van der Waals surface area (Å²) in [5, 5.41) is 12.5. The molecule has 0 unspecified atom stereocenters. The first-order valence-electron chi connectivity index (χ1n) is 7.94. The van der Waals surface area contributed by atoms with E-state index in [1.165, 1.54) is 7.11 Å². The van der Waals surface area contributed by atoms with Gasteiger partial charge in [0.25, 0.3) is 0 Å². The number of amides is 1. The van der Waals surface area contributed by atoms with E-state index in [9.17, 15) is 9.90 Å². The molecule has 1 aliphatic rings. The average Bonchev–Trinajstić information content (AvgIpc) is 2.96. The van der Waals surface area contributed by atoms with Gasteiger partial charge in [-0.1, -0.05) is 6.07 Å². The highest BCUT2D eigenvalue weighted by molar-refractivity contribution is 5.77. The summed E-state index contributed by atoms with van der Waals surface area (Å²) in [5.74, 6) is 1.35. The van der Waals surface area contributed by atoms with Gasteiger partial charge in [0.05, 0.1) is 19.8 Å². The van der Waals surface area contributed by atoms with Crippen LogP contribution in [0.3, 0.4) is 0 Å². The monoisotopic (exact) mass is 338 g/mol. The molecule has 24 heavy (non-hydrogen) atoms. The van der Waals surface area contributed by atoms with E-state index in [-0.39, 0.29) is 31.1 Å². The number of nitrogens with one attached hydrogen (secondary N) is 1. The standard InChI is InChI=1S/C17H26N2O5/c1-22-11-17(21)18-14-9-19(7-12(14)10-20)8-13-15(23-2)5-4-6-16(13)24-3/h4-6,12,14,20H,7-11H2,1-3H3,(H,18,21)/t12-,14+/m0/s1. The van der Waals surface area contributed by atoms with Crippen LogP contribution in [0.5, 0.6) is 11.5 Å². The quantitative estimate of drug-likeness (QED) is 0.708. The summed E-state index contributed by atoms with van der Waals surface area (Å²) in [6.07, 6.45) is 0. The summed E-state index contributed by atoms with van der Waals surface area (Å²) in [4.78, 5) is 13.9. The molecule has 0 aliphatic carbocycles. The summed E-state index contributed by atoms with van der Waals surface area (Å²) >= 11 is 0. The number of aliphatic hydroxyl groups excluding tert-OH is 1. The molecular formula is C17H26N2O5. The average molecular weight is 338 g/mol. The molecule has 7 nitrogen and oxygen atoms in total. The molecule has 0 saturated carbocycles. The number of ether oxygens (including phenoxy) is 3. The zero-order valence-electron chi connectivity index (χ0n) is 14.4. The van der Waals surface area contributed by atoms with Crippen LogP contribution in [-0.2, 0) is 16.1 Å². The van der Waals surface area contributed by atoms with Crippen LogP contribution in [0.25, 0.3) is 0 Å². The van der Waals surface area contributed by atoms with Crippen molar-refractivity contribution < 1.29 is 24.1 Å². The van der Waals surface area contributed by atoms with E-state index in [0.29, 0.717) is 19.6 Å². The van der Waals surface area contributed by atoms with Crippen molar-refractivity contribution >= 4 is 5.91 Å². The van der Waals surface area contributed by atoms with Crippen molar-refractivity contribution in [3.05, 3.63) is 23.8 Å². The van der Waals surface area contributed by atoms with Gasteiger partial charge in [0, 0.05) is 45.3 Å². The highest BCUT2D eigenvalue weighted by Crippen LogP contribution is 2.31. The third-order valence-electron chi connectivity index (χ3n) is 4.28. The lowest BCUT2D eigenvalue weighted by Gasteiger charge is -2.20. The lowest BCUT2D eigenvalue weighted by Crippen LogP contribution is -2.43. The third kappa shape index (κ3) is 4.37. The molecule has 1 fully saturated rings. The topological polar surface area (TPSA) is 80.3 Å². The zero-order chi connectivity index (χ0) is 17.5. The van der Waals surface area contributed by atoms with Gasteiger partial charge < -0.3 is 24.6 Å². The molecule has 2 rings (SSSR count). The number of carbonyl (C=O) groups excluding carboxylic acids is 1. The fourth-order valence-electron chi connectivity index (χ4n) is 3.13. The predicted octanol–water partition coefficient (Wildman–Crippen LogP) is 0.259. The Hall–Kier alpha value is -1.83. The summed E-state index contributed by atoms with van der Waals surface area (Å²) in [7, 11) is 4.75. The molecule has 1 heterocycles. The van der Waals surface area contributed by atoms with E-state index in [1.807, 2.05) is 18.2 Å². The number of nitrogens with zero attached hydrogens (tertiary/aromatic N) is 1. The Kier molecular flexibility index (Phi) is 6.84. The number of carbonyl (C=O) groups is 1. The maximum atomic E-state index is 11.8. The van der Waals surface area contributed by atoms with Crippen LogP contribution < -0.4 is 14.8 Å². The summed E-state index contributed by atoms with van der Waals surface area (Å²) in [6.45, 7) is 2.02. The van der Waals surface area contributed by atoms with Crippen molar-refractivity contribution in [2.24, 2.45) is 5.92 Å². The van der Waals surface area contributed by atoms with Gasteiger partial charge in [0.15, 0.2) is 0 Å². The Morgan fingerprint density at radius 1 is 1.25 bits per heavy atom. The molecular weight excluding hydrogens is 312 g/mol. The van der Waals surface area contributed by atoms with E-state index in [0.717, 1.165) is 17.1 Å². The van der Waals surface area contributed by atoms with E-state index in [4.69, 9.17) is 14.2 Å². The number of hydrogen-bond acceptors (Lipinski definition) is 6. The number of methoxy groups -OCH3 is 3. The largest absolute Gasteiger partial charge is 0.496 e. The lowest BCUT2D eigenvalue weighted by molar-refractivity contribution is -0.125. The molecule has 0 radical (unpaired) electrons. The van der Waals surface area contributed by atoms with Gasteiger partial charge in [-0.2, -0.15) is 0 Å². The molecule has 7 heteroatoms. The number of likely N-dealkylation sites (tertiary alicyclic amines) is 1. The van der Waals surface area contributed by atoms with Crippen molar-refractivity contribution in [1.82, 2.24) is 10.2 Å². The summed E-state index contributed by atoms with van der Waals surface area (Å²) < 4.78 is 15.7. The zero-order valence-corrected chi connectivity index (χ0v) is 14.4. The molecule has 1 aromatic carbocycles. The van der Waals surface area contributed by atoms with Crippen molar-refractivity contribution in [3.63, 3.8) is 0 Å². The van der Waals surface area contributed by atoms with E-state index >= 15 is 0 Å². The molecule has 1 saturated heterocycles. The van der Waals surface area contributed by atoms with Crippen LogP contribution in [0.2, 0.25) is 0 Å². The first-order valence-corrected chi connectivity index (χ1v) is 7.94. The summed E-state index contributed by atoms with van der Waals surface area (Å²) in [6, 6.07) is 5.58. The van der Waals surface area contributed by atoms with Gasteiger partial charge in [0.1, 0.15) is 18.1 Å². The number of benzene rings is 1. The minimum atomic E-state index is -0.169. The van der Waals surface area contributed by atoms with Crippen LogP contribution in [0.15, 0.2) is 18.2 Å². The van der Waals surface area contributed by atoms with Crippen molar-refractivity contribution in [2.75, 3.05) is 47.6 Å². The molecule has 0 aromatic heterocycles. The van der Waals surface area contributed by atoms with Crippen LogP contribution >= 0.6 is 0 Å². The fraction of sp³-hybridized carbons (Fsp3) is 0.588. The Morgan fingerprint density at radius 2 is 1.92 bits per heavy atom. The highest BCUT2D eigenvalue weighted by Gasteiger charge is 2.34. The van der Waals surface area contributed by atoms with Gasteiger partial charge >= 0.3 is 0 Å². The number of rotatable bonds is 8. The van der Waals surface area contributed by atoms with Crippen LogP contribution in [0.4, 0.5) is 0 Å². The Labute approximate surface area is 142 Å². The number of hydrogen-bond donors (Lipinski definition) is 2. The van der Waals surface area contributed by atoms with Crippen molar-refractivity contribution in [1.29, 1.82) is 0 Å². The molecule has 2 atom stereocenters. The van der Waals surface area contributed by atoms with Crippen LogP contribution in [0, 0.1) is 5.92 Å². The van der Waals surface area contributed by atoms with E-state index in [2.05, 4.69) is 10.2 Å². The van der Waals surface area contributed by atoms with Crippen LogP contribution in [0.1, 0.15) is 5.56 Å². The Morgan fingerprint density at radius 3 is 2.46 bits per heavy atom. The maximum absolute atomic E-state index is 11.8. The molecule has 0 spiro atoms. The maximum Gasteiger partial charge on any atom is 0.246 e. The molecule has 1 aromatic rings. The minimum absolute atomic E-state index is 0.00786. The Balaban J connectivity index is 2.08. The molecule has 1 aliphatic heterocycles. The summed E-state index contributed by atoms with van der Waals surface area (Å²) in [5.41, 5.74) is 0.961. The van der Waals surface area contributed by atoms with Gasteiger partial charge in [-0.3, -0.25) is 9.69 Å². The van der Waals surface area contributed by atoms with Gasteiger partial charge in [-0.05, 0) is 12.1 Å². The smallest absolute Gasteiger partial charge is 0.246 e.